The molecule has 0 radical (unpaired) electrons. The monoisotopic (exact) mass is 472 g/mol. The molecule has 0 saturated carbocycles. The summed E-state index contributed by atoms with van der Waals surface area (Å²) in [5.74, 6) is 0.656. The first kappa shape index (κ1) is 25.8. The van der Waals surface area contributed by atoms with E-state index in [0.717, 1.165) is 36.1 Å². The van der Waals surface area contributed by atoms with Crippen LogP contribution in [-0.2, 0) is 4.74 Å². The number of allylic oxidation sites excluding steroid dienone is 1. The Morgan fingerprint density at radius 2 is 1.37 bits per heavy atom. The molecule has 5 nitrogen and oxygen atoms in total. The van der Waals surface area contributed by atoms with E-state index >= 15 is 0 Å². The Morgan fingerprint density at radius 1 is 0.829 bits per heavy atom. The molecule has 35 heavy (non-hydrogen) atoms. The molecule has 3 rings (SSSR count). The number of carbonyl (C=O) groups is 2. The van der Waals surface area contributed by atoms with Crippen LogP contribution in [0.25, 0.3) is 11.1 Å². The molecule has 5 heteroatoms. The second-order valence-electron chi connectivity index (χ2n) is 8.41. The van der Waals surface area contributed by atoms with Gasteiger partial charge in [-0.15, -0.1) is 6.58 Å². The van der Waals surface area contributed by atoms with Crippen LogP contribution in [0.5, 0.6) is 11.5 Å². The van der Waals surface area contributed by atoms with Gasteiger partial charge < -0.3 is 14.2 Å². The number of carbonyl (C=O) groups excluding carboxylic acids is 2. The molecule has 0 aliphatic heterocycles. The van der Waals surface area contributed by atoms with Gasteiger partial charge >= 0.3 is 11.9 Å². The van der Waals surface area contributed by atoms with Crippen molar-refractivity contribution >= 4 is 11.9 Å². The van der Waals surface area contributed by atoms with Gasteiger partial charge in [-0.1, -0.05) is 50.6 Å². The lowest BCUT2D eigenvalue weighted by atomic mass is 10.0. The predicted molar refractivity (Wildman–Crippen MR) is 138 cm³/mol. The number of ether oxygens (including phenoxy) is 3. The third-order valence-electron chi connectivity index (χ3n) is 5.63. The number of hydrogen-bond acceptors (Lipinski definition) is 5. The highest BCUT2D eigenvalue weighted by Gasteiger charge is 2.12. The average molecular weight is 473 g/mol. The molecule has 0 aromatic heterocycles. The van der Waals surface area contributed by atoms with Gasteiger partial charge in [0.2, 0.25) is 0 Å². The van der Waals surface area contributed by atoms with Crippen molar-refractivity contribution in [3.63, 3.8) is 0 Å². The first-order valence-corrected chi connectivity index (χ1v) is 11.9. The van der Waals surface area contributed by atoms with Gasteiger partial charge in [-0.2, -0.15) is 0 Å². The number of esters is 2. The van der Waals surface area contributed by atoms with E-state index in [0.29, 0.717) is 36.0 Å². The average Bonchev–Trinajstić information content (AvgIpc) is 2.90. The van der Waals surface area contributed by atoms with Gasteiger partial charge in [-0.3, -0.25) is 0 Å². The number of unbranched alkanes of at least 4 members (excludes halogenated alkanes) is 1. The molecule has 0 unspecified atom stereocenters. The molecule has 182 valence electrons. The Balaban J connectivity index is 1.54. The Morgan fingerprint density at radius 3 is 1.97 bits per heavy atom. The van der Waals surface area contributed by atoms with E-state index in [-0.39, 0.29) is 5.97 Å². The minimum Gasteiger partial charge on any atom is -0.494 e. The van der Waals surface area contributed by atoms with Gasteiger partial charge in [0, 0.05) is 0 Å². The zero-order chi connectivity index (χ0) is 25.0. The molecule has 0 aliphatic carbocycles. The van der Waals surface area contributed by atoms with Crippen LogP contribution in [0.15, 0.2) is 85.5 Å². The van der Waals surface area contributed by atoms with Gasteiger partial charge in [-0.05, 0) is 78.4 Å². The molecule has 3 aromatic carbocycles. The molecule has 1 atom stereocenters. The molecular weight excluding hydrogens is 440 g/mol. The minimum atomic E-state index is -0.466. The predicted octanol–water partition coefficient (Wildman–Crippen LogP) is 7.12. The topological polar surface area (TPSA) is 61.8 Å². The molecule has 0 spiro atoms. The molecule has 3 aromatic rings. The van der Waals surface area contributed by atoms with Crippen LogP contribution in [0.2, 0.25) is 0 Å². The summed E-state index contributed by atoms with van der Waals surface area (Å²) in [7, 11) is 0. The minimum absolute atomic E-state index is 0.316. The highest BCUT2D eigenvalue weighted by Crippen LogP contribution is 2.24. The van der Waals surface area contributed by atoms with E-state index in [1.165, 1.54) is 0 Å². The fourth-order valence-corrected chi connectivity index (χ4v) is 3.20. The summed E-state index contributed by atoms with van der Waals surface area (Å²) in [6, 6.07) is 21.5. The van der Waals surface area contributed by atoms with Crippen molar-refractivity contribution in [3.8, 4) is 22.6 Å². The van der Waals surface area contributed by atoms with E-state index in [2.05, 4.69) is 13.5 Å². The lowest BCUT2D eigenvalue weighted by Crippen LogP contribution is -2.12. The summed E-state index contributed by atoms with van der Waals surface area (Å²) >= 11 is 0. The molecule has 0 saturated heterocycles. The number of benzene rings is 3. The van der Waals surface area contributed by atoms with Gasteiger partial charge in [-0.25, -0.2) is 9.59 Å². The molecule has 0 fully saturated rings. The van der Waals surface area contributed by atoms with Crippen molar-refractivity contribution in [2.45, 2.75) is 33.1 Å². The molecule has 0 aliphatic rings. The summed E-state index contributed by atoms with van der Waals surface area (Å²) in [5.41, 5.74) is 2.87. The van der Waals surface area contributed by atoms with Crippen molar-refractivity contribution in [1.82, 2.24) is 0 Å². The Labute approximate surface area is 207 Å². The maximum atomic E-state index is 12.5. The Bertz CT molecular complexity index is 1100. The van der Waals surface area contributed by atoms with Crippen LogP contribution in [0.3, 0.4) is 0 Å². The lowest BCUT2D eigenvalue weighted by molar-refractivity contribution is 0.0447. The second kappa shape index (κ2) is 13.1. The van der Waals surface area contributed by atoms with E-state index in [1.807, 2.05) is 49.4 Å². The van der Waals surface area contributed by atoms with Gasteiger partial charge in [0.15, 0.2) is 0 Å². The van der Waals surface area contributed by atoms with E-state index < -0.39 is 5.97 Å². The van der Waals surface area contributed by atoms with Crippen molar-refractivity contribution in [3.05, 3.63) is 96.6 Å². The normalized spacial score (nSPS) is 11.4. The van der Waals surface area contributed by atoms with Crippen LogP contribution in [-0.4, -0.2) is 25.2 Å². The zero-order valence-electron chi connectivity index (χ0n) is 20.4. The van der Waals surface area contributed by atoms with E-state index in [9.17, 15) is 9.59 Å². The fraction of sp³-hybridized carbons (Fsp3) is 0.267. The molecule has 0 N–H and O–H groups in total. The summed E-state index contributed by atoms with van der Waals surface area (Å²) in [6.45, 7) is 8.83. The third kappa shape index (κ3) is 7.85. The van der Waals surface area contributed by atoms with Crippen LogP contribution in [0.1, 0.15) is 53.8 Å². The highest BCUT2D eigenvalue weighted by molar-refractivity contribution is 5.92. The largest absolute Gasteiger partial charge is 0.494 e. The molecule has 0 heterocycles. The highest BCUT2D eigenvalue weighted by atomic mass is 16.5. The van der Waals surface area contributed by atoms with Crippen molar-refractivity contribution in [2.75, 3.05) is 13.2 Å². The summed E-state index contributed by atoms with van der Waals surface area (Å²) in [5, 5.41) is 0. The molecular formula is C30H32O5. The van der Waals surface area contributed by atoms with Crippen LogP contribution >= 0.6 is 0 Å². The summed E-state index contributed by atoms with van der Waals surface area (Å²) in [6.07, 6.45) is 4.71. The smallest absolute Gasteiger partial charge is 0.343 e. The van der Waals surface area contributed by atoms with Crippen molar-refractivity contribution in [1.29, 1.82) is 0 Å². The molecule has 0 bridgehead atoms. The van der Waals surface area contributed by atoms with E-state index in [1.54, 1.807) is 36.4 Å². The second-order valence-corrected chi connectivity index (χ2v) is 8.41. The number of rotatable bonds is 12. The fourth-order valence-electron chi connectivity index (χ4n) is 3.20. The molecule has 0 amide bonds. The first-order chi connectivity index (χ1) is 17.0. The quantitative estimate of drug-likeness (QED) is 0.122. The van der Waals surface area contributed by atoms with Crippen LogP contribution < -0.4 is 9.47 Å². The zero-order valence-corrected chi connectivity index (χ0v) is 20.4. The van der Waals surface area contributed by atoms with Crippen LogP contribution in [0, 0.1) is 5.92 Å². The Kier molecular flexibility index (Phi) is 9.67. The van der Waals surface area contributed by atoms with E-state index in [4.69, 9.17) is 14.2 Å². The summed E-state index contributed by atoms with van der Waals surface area (Å²) in [4.78, 5) is 24.7. The maximum Gasteiger partial charge on any atom is 0.343 e. The van der Waals surface area contributed by atoms with Crippen LogP contribution in [0.4, 0.5) is 0 Å². The SMILES string of the molecule is C=CCCCOc1ccc(-c2ccc(C(=O)Oc3ccc(C(=O)OC[C@@H](C)CC)cc3)cc2)cc1. The summed E-state index contributed by atoms with van der Waals surface area (Å²) < 4.78 is 16.5. The van der Waals surface area contributed by atoms with Gasteiger partial charge in [0.05, 0.1) is 24.3 Å². The van der Waals surface area contributed by atoms with Gasteiger partial charge in [0.1, 0.15) is 11.5 Å². The Hall–Kier alpha value is -3.86. The van der Waals surface area contributed by atoms with Crippen molar-refractivity contribution < 1.29 is 23.8 Å². The number of hydrogen-bond donors (Lipinski definition) is 0. The maximum absolute atomic E-state index is 12.5. The van der Waals surface area contributed by atoms with Gasteiger partial charge in [0.25, 0.3) is 0 Å². The third-order valence-corrected chi connectivity index (χ3v) is 5.63. The standard InChI is InChI=1S/C30H32O5/c1-4-6-7-20-33-27-16-12-24(13-17-27)23-8-10-26(11-9-23)30(32)35-28-18-14-25(15-19-28)29(31)34-21-22(3)5-2/h4,8-19,22H,1,5-7,20-21H2,2-3H3/t22-/m0/s1. The van der Waals surface area contributed by atoms with Crippen molar-refractivity contribution in [2.24, 2.45) is 5.92 Å². The lowest BCUT2D eigenvalue weighted by Gasteiger charge is -2.10. The first-order valence-electron chi connectivity index (χ1n) is 11.9.